The number of nitrogens with one attached hydrogen (secondary N) is 1. The van der Waals surface area contributed by atoms with Crippen LogP contribution in [0.3, 0.4) is 0 Å². The Balaban J connectivity index is 1.58. The number of ketones is 1. The highest BCUT2D eigenvalue weighted by atomic mass is 35.5. The normalized spacial score (nSPS) is 11.9. The maximum Gasteiger partial charge on any atom is 0.261 e. The molecule has 2 heterocycles. The van der Waals surface area contributed by atoms with Gasteiger partial charge in [-0.1, -0.05) is 23.7 Å². The second-order valence-electron chi connectivity index (χ2n) is 8.26. The highest BCUT2D eigenvalue weighted by Gasteiger charge is 2.27. The van der Waals surface area contributed by atoms with Gasteiger partial charge in [0.15, 0.2) is 12.2 Å². The minimum absolute atomic E-state index is 0.0211. The van der Waals surface area contributed by atoms with Crippen LogP contribution in [0.5, 0.6) is 0 Å². The summed E-state index contributed by atoms with van der Waals surface area (Å²) in [4.78, 5) is 20.6. The van der Waals surface area contributed by atoms with Gasteiger partial charge < -0.3 is 4.42 Å². The molecule has 0 aliphatic heterocycles. The maximum absolute atomic E-state index is 13.1. The van der Waals surface area contributed by atoms with Crippen molar-refractivity contribution in [1.29, 1.82) is 0 Å². The van der Waals surface area contributed by atoms with Gasteiger partial charge in [0, 0.05) is 34.8 Å². The minimum atomic E-state index is -3.92. The molecule has 0 unspecified atom stereocenters. The number of benzene rings is 2. The largest absolute Gasteiger partial charge is 0.448 e. The van der Waals surface area contributed by atoms with Crippen molar-refractivity contribution in [2.45, 2.75) is 30.6 Å². The van der Waals surface area contributed by atoms with E-state index in [2.05, 4.69) is 14.7 Å². The van der Waals surface area contributed by atoms with Gasteiger partial charge in [0.25, 0.3) is 10.0 Å². The standard InChI is InChI=1S/C25H22ClN3O4S/c1-25(2,24-15-28-16-33-24)19-3-6-21(7-4-19)34(31,32)29-22-8-5-20(26)13-18(22)14-23(30)17-9-11-27-12-10-17/h3-13,15-16,29H,14H2,1-2H3. The lowest BCUT2D eigenvalue weighted by Crippen LogP contribution is -2.19. The second kappa shape index (κ2) is 9.40. The first-order valence-electron chi connectivity index (χ1n) is 10.4. The monoisotopic (exact) mass is 495 g/mol. The molecule has 2 aromatic heterocycles. The molecule has 7 nitrogen and oxygen atoms in total. The smallest absolute Gasteiger partial charge is 0.261 e. The van der Waals surface area contributed by atoms with E-state index in [0.29, 0.717) is 21.9 Å². The molecule has 0 bridgehead atoms. The van der Waals surface area contributed by atoms with Crippen LogP contribution in [0.1, 0.15) is 41.1 Å². The Bertz CT molecular complexity index is 1400. The third kappa shape index (κ3) is 5.03. The highest BCUT2D eigenvalue weighted by molar-refractivity contribution is 7.92. The van der Waals surface area contributed by atoms with Gasteiger partial charge in [0.05, 0.1) is 16.8 Å². The van der Waals surface area contributed by atoms with Gasteiger partial charge in [-0.05, 0) is 67.4 Å². The number of anilines is 1. The van der Waals surface area contributed by atoms with E-state index >= 15 is 0 Å². The van der Waals surface area contributed by atoms with E-state index in [1.54, 1.807) is 48.7 Å². The van der Waals surface area contributed by atoms with E-state index in [-0.39, 0.29) is 22.8 Å². The van der Waals surface area contributed by atoms with Crippen LogP contribution in [0.25, 0.3) is 0 Å². The zero-order valence-electron chi connectivity index (χ0n) is 18.5. The first-order chi connectivity index (χ1) is 16.2. The molecule has 0 aliphatic rings. The van der Waals surface area contributed by atoms with Gasteiger partial charge in [-0.2, -0.15) is 0 Å². The van der Waals surface area contributed by atoms with Crippen LogP contribution in [0.15, 0.2) is 88.9 Å². The number of carbonyl (C=O) groups excluding carboxylic acids is 1. The Morgan fingerprint density at radius 1 is 1.03 bits per heavy atom. The van der Waals surface area contributed by atoms with Crippen LogP contribution >= 0.6 is 11.6 Å². The van der Waals surface area contributed by atoms with Gasteiger partial charge >= 0.3 is 0 Å². The molecule has 4 aromatic rings. The number of hydrogen-bond donors (Lipinski definition) is 1. The fourth-order valence-electron chi connectivity index (χ4n) is 3.54. The molecule has 0 amide bonds. The van der Waals surface area contributed by atoms with E-state index in [1.165, 1.54) is 30.9 Å². The number of carbonyl (C=O) groups is 1. The number of aromatic nitrogens is 2. The fourth-order valence-corrected chi connectivity index (χ4v) is 4.84. The zero-order valence-corrected chi connectivity index (χ0v) is 20.1. The second-order valence-corrected chi connectivity index (χ2v) is 10.4. The maximum atomic E-state index is 13.1. The van der Waals surface area contributed by atoms with Crippen LogP contribution in [0, 0.1) is 0 Å². The molecule has 9 heteroatoms. The van der Waals surface area contributed by atoms with Crippen molar-refractivity contribution in [2.75, 3.05) is 4.72 Å². The molecule has 0 saturated heterocycles. The predicted molar refractivity (Wildman–Crippen MR) is 130 cm³/mol. The fraction of sp³-hybridized carbons (Fsp3) is 0.160. The quantitative estimate of drug-likeness (QED) is 0.334. The van der Waals surface area contributed by atoms with Crippen molar-refractivity contribution in [3.05, 3.63) is 107 Å². The summed E-state index contributed by atoms with van der Waals surface area (Å²) in [6, 6.07) is 14.5. The van der Waals surface area contributed by atoms with Crippen molar-refractivity contribution in [3.63, 3.8) is 0 Å². The number of halogens is 1. The number of nitrogens with zero attached hydrogens (tertiary/aromatic N) is 2. The average molecular weight is 496 g/mol. The van der Waals surface area contributed by atoms with E-state index in [9.17, 15) is 13.2 Å². The molecule has 0 radical (unpaired) electrons. The van der Waals surface area contributed by atoms with E-state index in [4.69, 9.17) is 16.0 Å². The predicted octanol–water partition coefficient (Wildman–Crippen LogP) is 5.28. The molecule has 2 aromatic carbocycles. The minimum Gasteiger partial charge on any atom is -0.448 e. The molecule has 0 atom stereocenters. The van der Waals surface area contributed by atoms with Crippen LogP contribution < -0.4 is 4.72 Å². The van der Waals surface area contributed by atoms with Crippen molar-refractivity contribution in [1.82, 2.24) is 9.97 Å². The third-order valence-corrected chi connectivity index (χ3v) is 7.22. The Kier molecular flexibility index (Phi) is 6.54. The summed E-state index contributed by atoms with van der Waals surface area (Å²) in [6.07, 6.45) is 6.04. The van der Waals surface area contributed by atoms with E-state index in [1.807, 2.05) is 13.8 Å². The molecular formula is C25H22ClN3O4S. The number of Topliss-reactive ketones (excluding diaryl/α,β-unsaturated/α-hetero) is 1. The molecule has 0 spiro atoms. The topological polar surface area (TPSA) is 102 Å². The summed E-state index contributed by atoms with van der Waals surface area (Å²) >= 11 is 6.13. The summed E-state index contributed by atoms with van der Waals surface area (Å²) in [5.74, 6) is 0.495. The number of rotatable bonds is 8. The lowest BCUT2D eigenvalue weighted by molar-refractivity contribution is 0.0993. The average Bonchev–Trinajstić information content (AvgIpc) is 3.37. The number of oxazole rings is 1. The van der Waals surface area contributed by atoms with E-state index < -0.39 is 15.4 Å². The molecule has 1 N–H and O–H groups in total. The molecule has 0 saturated carbocycles. The Morgan fingerprint density at radius 3 is 2.38 bits per heavy atom. The molecule has 0 fully saturated rings. The molecule has 0 aliphatic carbocycles. The number of pyridine rings is 1. The Morgan fingerprint density at radius 2 is 1.74 bits per heavy atom. The van der Waals surface area contributed by atoms with Gasteiger partial charge in [-0.25, -0.2) is 13.4 Å². The van der Waals surface area contributed by atoms with E-state index in [0.717, 1.165) is 5.56 Å². The summed E-state index contributed by atoms with van der Waals surface area (Å²) in [5, 5.41) is 0.402. The van der Waals surface area contributed by atoms with Crippen molar-refractivity contribution < 1.29 is 17.6 Å². The Hall–Kier alpha value is -3.49. The lowest BCUT2D eigenvalue weighted by Gasteiger charge is -2.22. The van der Waals surface area contributed by atoms with Gasteiger partial charge in [-0.3, -0.25) is 14.5 Å². The first-order valence-corrected chi connectivity index (χ1v) is 12.3. The van der Waals surface area contributed by atoms with Gasteiger partial charge in [-0.15, -0.1) is 0 Å². The lowest BCUT2D eigenvalue weighted by atomic mass is 9.83. The van der Waals surface area contributed by atoms with Crippen molar-refractivity contribution in [3.8, 4) is 0 Å². The summed E-state index contributed by atoms with van der Waals surface area (Å²) in [7, 11) is -3.92. The van der Waals surface area contributed by atoms with Gasteiger partial charge in [0.1, 0.15) is 5.76 Å². The SMILES string of the molecule is CC(C)(c1ccc(S(=O)(=O)Nc2ccc(Cl)cc2CC(=O)c2ccncc2)cc1)c1cnco1. The summed E-state index contributed by atoms with van der Waals surface area (Å²) in [6.45, 7) is 3.93. The van der Waals surface area contributed by atoms with Crippen LogP contribution in [0.4, 0.5) is 5.69 Å². The Labute approximate surface area is 202 Å². The number of hydrogen-bond acceptors (Lipinski definition) is 6. The third-order valence-electron chi connectivity index (χ3n) is 5.60. The molecule has 4 rings (SSSR count). The first kappa shape index (κ1) is 23.7. The van der Waals surface area contributed by atoms with Crippen molar-refractivity contribution >= 4 is 33.1 Å². The van der Waals surface area contributed by atoms with Crippen LogP contribution in [-0.2, 0) is 21.9 Å². The van der Waals surface area contributed by atoms with Crippen LogP contribution in [-0.4, -0.2) is 24.2 Å². The van der Waals surface area contributed by atoms with Gasteiger partial charge in [0.2, 0.25) is 0 Å². The highest BCUT2D eigenvalue weighted by Crippen LogP contribution is 2.32. The van der Waals surface area contributed by atoms with Crippen molar-refractivity contribution in [2.24, 2.45) is 0 Å². The summed E-state index contributed by atoms with van der Waals surface area (Å²) < 4.78 is 34.3. The molecule has 34 heavy (non-hydrogen) atoms. The zero-order chi connectivity index (χ0) is 24.3. The molecule has 174 valence electrons. The summed E-state index contributed by atoms with van der Waals surface area (Å²) in [5.41, 5.74) is 1.63. The van der Waals surface area contributed by atoms with Crippen LogP contribution in [0.2, 0.25) is 5.02 Å². The number of sulfonamides is 1. The molecular weight excluding hydrogens is 474 g/mol.